The quantitative estimate of drug-likeness (QED) is 0.679. The Balaban J connectivity index is 2.24. The summed E-state index contributed by atoms with van der Waals surface area (Å²) in [5.41, 5.74) is 1.10. The highest BCUT2D eigenvalue weighted by Gasteiger charge is 1.97. The van der Waals surface area contributed by atoms with Gasteiger partial charge < -0.3 is 10.1 Å². The van der Waals surface area contributed by atoms with Gasteiger partial charge in [-0.15, -0.1) is 0 Å². The first-order valence-corrected chi connectivity index (χ1v) is 3.99. The van der Waals surface area contributed by atoms with Gasteiger partial charge in [0.25, 0.3) is 0 Å². The first-order chi connectivity index (χ1) is 6.33. The van der Waals surface area contributed by atoms with Gasteiger partial charge >= 0.3 is 5.97 Å². The number of carbonyl (C=O) groups is 1. The molecule has 1 rings (SSSR count). The minimum absolute atomic E-state index is 0.235. The molecule has 0 spiro atoms. The maximum Gasteiger partial charge on any atom is 0.319 e. The van der Waals surface area contributed by atoms with Crippen LogP contribution in [0, 0.1) is 0 Å². The molecule has 1 heterocycles. The van der Waals surface area contributed by atoms with Gasteiger partial charge in [-0.05, 0) is 17.7 Å². The summed E-state index contributed by atoms with van der Waals surface area (Å²) >= 11 is 0. The predicted octanol–water partition coefficient (Wildman–Crippen LogP) is 0.344. The highest BCUT2D eigenvalue weighted by Crippen LogP contribution is 1.93. The average molecular weight is 180 g/mol. The summed E-state index contributed by atoms with van der Waals surface area (Å²) in [5, 5.41) is 2.95. The number of carbonyl (C=O) groups excluding carboxylic acids is 1. The molecular formula is C9H12N2O2. The van der Waals surface area contributed by atoms with Gasteiger partial charge in [0.15, 0.2) is 0 Å². The molecule has 4 heteroatoms. The van der Waals surface area contributed by atoms with E-state index in [0.29, 0.717) is 6.54 Å². The molecule has 0 amide bonds. The normalized spacial score (nSPS) is 9.62. The summed E-state index contributed by atoms with van der Waals surface area (Å²) in [6.07, 6.45) is 3.43. The Hall–Kier alpha value is -1.42. The van der Waals surface area contributed by atoms with Gasteiger partial charge in [0, 0.05) is 18.9 Å². The van der Waals surface area contributed by atoms with Gasteiger partial charge in [0.1, 0.15) is 0 Å². The van der Waals surface area contributed by atoms with E-state index in [-0.39, 0.29) is 12.5 Å². The summed E-state index contributed by atoms with van der Waals surface area (Å²) in [6.45, 7) is 0.885. The van der Waals surface area contributed by atoms with Crippen LogP contribution in [0.2, 0.25) is 0 Å². The van der Waals surface area contributed by atoms with Crippen molar-refractivity contribution in [3.63, 3.8) is 0 Å². The highest BCUT2D eigenvalue weighted by atomic mass is 16.5. The van der Waals surface area contributed by atoms with Crippen molar-refractivity contribution in [2.75, 3.05) is 13.7 Å². The van der Waals surface area contributed by atoms with Gasteiger partial charge in [0.05, 0.1) is 13.7 Å². The van der Waals surface area contributed by atoms with Crippen molar-refractivity contribution in [2.24, 2.45) is 0 Å². The van der Waals surface area contributed by atoms with Crippen LogP contribution < -0.4 is 5.32 Å². The van der Waals surface area contributed by atoms with Crippen molar-refractivity contribution in [1.82, 2.24) is 10.3 Å². The minimum atomic E-state index is -0.256. The molecule has 0 fully saturated rings. The van der Waals surface area contributed by atoms with Crippen LogP contribution in [-0.4, -0.2) is 24.6 Å². The zero-order chi connectivity index (χ0) is 9.52. The SMILES string of the molecule is COC(=O)CNCc1ccncc1. The largest absolute Gasteiger partial charge is 0.468 e. The van der Waals surface area contributed by atoms with Crippen LogP contribution in [-0.2, 0) is 16.1 Å². The lowest BCUT2D eigenvalue weighted by Gasteiger charge is -2.02. The van der Waals surface area contributed by atoms with Gasteiger partial charge in [-0.3, -0.25) is 9.78 Å². The molecule has 0 aliphatic heterocycles. The molecule has 0 atom stereocenters. The van der Waals surface area contributed by atoms with Crippen molar-refractivity contribution in [2.45, 2.75) is 6.54 Å². The first kappa shape index (κ1) is 9.67. The van der Waals surface area contributed by atoms with Crippen LogP contribution in [0.4, 0.5) is 0 Å². The van der Waals surface area contributed by atoms with Crippen molar-refractivity contribution in [3.8, 4) is 0 Å². The summed E-state index contributed by atoms with van der Waals surface area (Å²) in [7, 11) is 1.37. The Morgan fingerprint density at radius 2 is 2.23 bits per heavy atom. The number of pyridine rings is 1. The number of rotatable bonds is 4. The lowest BCUT2D eigenvalue weighted by molar-refractivity contribution is -0.139. The van der Waals surface area contributed by atoms with Crippen LogP contribution >= 0.6 is 0 Å². The molecule has 0 saturated heterocycles. The number of esters is 1. The molecule has 70 valence electrons. The average Bonchev–Trinajstić information content (AvgIpc) is 2.19. The fourth-order valence-corrected chi connectivity index (χ4v) is 0.882. The van der Waals surface area contributed by atoms with Crippen molar-refractivity contribution in [1.29, 1.82) is 0 Å². The fourth-order valence-electron chi connectivity index (χ4n) is 0.882. The standard InChI is InChI=1S/C9H12N2O2/c1-13-9(12)7-11-6-8-2-4-10-5-3-8/h2-5,11H,6-7H2,1H3. The van der Waals surface area contributed by atoms with E-state index >= 15 is 0 Å². The number of methoxy groups -OCH3 is 1. The molecule has 0 saturated carbocycles. The third-order valence-corrected chi connectivity index (χ3v) is 1.58. The van der Waals surface area contributed by atoms with E-state index in [9.17, 15) is 4.79 Å². The summed E-state index contributed by atoms with van der Waals surface area (Å²) < 4.78 is 4.47. The third kappa shape index (κ3) is 3.66. The number of ether oxygens (including phenoxy) is 1. The summed E-state index contributed by atoms with van der Waals surface area (Å²) in [4.78, 5) is 14.6. The number of nitrogens with one attached hydrogen (secondary N) is 1. The number of hydrogen-bond donors (Lipinski definition) is 1. The van der Waals surface area contributed by atoms with E-state index in [4.69, 9.17) is 0 Å². The van der Waals surface area contributed by atoms with Gasteiger partial charge in [-0.25, -0.2) is 0 Å². The van der Waals surface area contributed by atoms with Crippen LogP contribution in [0.15, 0.2) is 24.5 Å². The number of nitrogens with zero attached hydrogens (tertiary/aromatic N) is 1. The van der Waals surface area contributed by atoms with Crippen molar-refractivity contribution < 1.29 is 9.53 Å². The third-order valence-electron chi connectivity index (χ3n) is 1.58. The van der Waals surface area contributed by atoms with Gasteiger partial charge in [0.2, 0.25) is 0 Å². The molecule has 0 aliphatic carbocycles. The Labute approximate surface area is 76.9 Å². The fraction of sp³-hybridized carbons (Fsp3) is 0.333. The predicted molar refractivity (Wildman–Crippen MR) is 48.0 cm³/mol. The number of aromatic nitrogens is 1. The molecule has 0 aliphatic rings. The zero-order valence-corrected chi connectivity index (χ0v) is 7.49. The molecular weight excluding hydrogens is 168 g/mol. The second-order valence-electron chi connectivity index (χ2n) is 2.54. The van der Waals surface area contributed by atoms with Gasteiger partial charge in [-0.1, -0.05) is 0 Å². The Bertz CT molecular complexity index is 262. The second kappa shape index (κ2) is 5.27. The zero-order valence-electron chi connectivity index (χ0n) is 7.49. The summed E-state index contributed by atoms with van der Waals surface area (Å²) in [6, 6.07) is 3.79. The maximum absolute atomic E-state index is 10.7. The van der Waals surface area contributed by atoms with E-state index < -0.39 is 0 Å². The molecule has 13 heavy (non-hydrogen) atoms. The van der Waals surface area contributed by atoms with Gasteiger partial charge in [-0.2, -0.15) is 0 Å². The second-order valence-corrected chi connectivity index (χ2v) is 2.54. The maximum atomic E-state index is 10.7. The Morgan fingerprint density at radius 3 is 2.85 bits per heavy atom. The Morgan fingerprint density at radius 1 is 1.54 bits per heavy atom. The van der Waals surface area contributed by atoms with E-state index in [1.807, 2.05) is 12.1 Å². The smallest absolute Gasteiger partial charge is 0.319 e. The molecule has 0 radical (unpaired) electrons. The van der Waals surface area contributed by atoms with Crippen LogP contribution in [0.3, 0.4) is 0 Å². The number of hydrogen-bond acceptors (Lipinski definition) is 4. The monoisotopic (exact) mass is 180 g/mol. The highest BCUT2D eigenvalue weighted by molar-refractivity contribution is 5.71. The van der Waals surface area contributed by atoms with Crippen LogP contribution in [0.1, 0.15) is 5.56 Å². The van der Waals surface area contributed by atoms with E-state index in [2.05, 4.69) is 15.0 Å². The van der Waals surface area contributed by atoms with Crippen molar-refractivity contribution in [3.05, 3.63) is 30.1 Å². The molecule has 4 nitrogen and oxygen atoms in total. The molecule has 1 N–H and O–H groups in total. The molecule has 0 unspecified atom stereocenters. The lowest BCUT2D eigenvalue weighted by atomic mass is 10.3. The topological polar surface area (TPSA) is 51.2 Å². The summed E-state index contributed by atoms with van der Waals surface area (Å²) in [5.74, 6) is -0.256. The molecule has 0 aromatic carbocycles. The molecule has 0 bridgehead atoms. The van der Waals surface area contributed by atoms with Crippen LogP contribution in [0.25, 0.3) is 0 Å². The Kier molecular flexibility index (Phi) is 3.92. The lowest BCUT2D eigenvalue weighted by Crippen LogP contribution is -2.23. The molecule has 1 aromatic rings. The van der Waals surface area contributed by atoms with Crippen LogP contribution in [0.5, 0.6) is 0 Å². The first-order valence-electron chi connectivity index (χ1n) is 3.99. The minimum Gasteiger partial charge on any atom is -0.468 e. The van der Waals surface area contributed by atoms with E-state index in [0.717, 1.165) is 5.56 Å². The molecule has 1 aromatic heterocycles. The van der Waals surface area contributed by atoms with Crippen molar-refractivity contribution >= 4 is 5.97 Å². The van der Waals surface area contributed by atoms with E-state index in [1.54, 1.807) is 12.4 Å². The van der Waals surface area contributed by atoms with E-state index in [1.165, 1.54) is 7.11 Å².